The summed E-state index contributed by atoms with van der Waals surface area (Å²) in [5.41, 5.74) is 1.50. The molecule has 2 aromatic carbocycles. The molecule has 0 saturated heterocycles. The highest BCUT2D eigenvalue weighted by Crippen LogP contribution is 2.17. The highest BCUT2D eigenvalue weighted by atomic mass is 19.1. The summed E-state index contributed by atoms with van der Waals surface area (Å²) in [4.78, 5) is 13.7. The smallest absolute Gasteiger partial charge is 0.238 e. The molecule has 0 aliphatic carbocycles. The molecule has 0 heterocycles. The number of likely N-dealkylation sites (N-methyl/N-ethyl adjacent to an activating group) is 1. The van der Waals surface area contributed by atoms with E-state index in [-0.39, 0.29) is 24.6 Å². The van der Waals surface area contributed by atoms with Crippen LogP contribution in [0.5, 0.6) is 0 Å². The lowest BCUT2D eigenvalue weighted by Gasteiger charge is -2.20. The number of hydrogen-bond donors (Lipinski definition) is 2. The van der Waals surface area contributed by atoms with Crippen molar-refractivity contribution >= 4 is 11.6 Å². The Morgan fingerprint density at radius 2 is 2.08 bits per heavy atom. The number of anilines is 1. The summed E-state index contributed by atoms with van der Waals surface area (Å²) in [6.45, 7) is 0.199. The number of aliphatic hydroxyl groups is 1. The number of carbonyl (C=O) groups is 1. The molecule has 0 saturated carbocycles. The number of halogens is 1. The molecular weight excluding hydrogens is 307 g/mol. The average molecular weight is 326 g/mol. The van der Waals surface area contributed by atoms with Crippen molar-refractivity contribution < 1.29 is 14.3 Å². The first kappa shape index (κ1) is 17.7. The van der Waals surface area contributed by atoms with Crippen molar-refractivity contribution in [3.05, 3.63) is 65.5 Å². The minimum atomic E-state index is -1.01. The number of amides is 1. The highest BCUT2D eigenvalue weighted by molar-refractivity contribution is 5.92. The van der Waals surface area contributed by atoms with E-state index in [0.29, 0.717) is 11.3 Å². The summed E-state index contributed by atoms with van der Waals surface area (Å²) < 4.78 is 13.6. The molecule has 2 aromatic rings. The fraction of sp³-hybridized carbons (Fsp3) is 0.211. The molecular formula is C19H19FN2O2. The predicted octanol–water partition coefficient (Wildman–Crippen LogP) is 2.41. The molecule has 124 valence electrons. The van der Waals surface area contributed by atoms with E-state index in [9.17, 15) is 14.3 Å². The van der Waals surface area contributed by atoms with Crippen molar-refractivity contribution in [3.8, 4) is 12.3 Å². The molecule has 0 spiro atoms. The van der Waals surface area contributed by atoms with Gasteiger partial charge in [-0.25, -0.2) is 4.39 Å². The van der Waals surface area contributed by atoms with Gasteiger partial charge in [0, 0.05) is 23.4 Å². The van der Waals surface area contributed by atoms with Gasteiger partial charge in [0.2, 0.25) is 5.91 Å². The normalized spacial score (nSPS) is 11.8. The van der Waals surface area contributed by atoms with E-state index in [1.807, 2.05) is 0 Å². The third kappa shape index (κ3) is 4.92. The molecule has 1 amide bonds. The van der Waals surface area contributed by atoms with Crippen molar-refractivity contribution in [3.63, 3.8) is 0 Å². The van der Waals surface area contributed by atoms with Crippen molar-refractivity contribution in [1.29, 1.82) is 0 Å². The predicted molar refractivity (Wildman–Crippen MR) is 91.9 cm³/mol. The quantitative estimate of drug-likeness (QED) is 0.802. The zero-order valence-electron chi connectivity index (χ0n) is 13.4. The molecule has 5 heteroatoms. The summed E-state index contributed by atoms with van der Waals surface area (Å²) in [5.74, 6) is 1.79. The number of nitrogens with one attached hydrogen (secondary N) is 1. The van der Waals surface area contributed by atoms with Crippen molar-refractivity contribution in [2.75, 3.05) is 25.5 Å². The van der Waals surface area contributed by atoms with Crippen LogP contribution in [-0.4, -0.2) is 36.1 Å². The van der Waals surface area contributed by atoms with Crippen LogP contribution in [0.25, 0.3) is 0 Å². The van der Waals surface area contributed by atoms with Gasteiger partial charge in [0.05, 0.1) is 12.6 Å². The van der Waals surface area contributed by atoms with Crippen LogP contribution in [-0.2, 0) is 4.79 Å². The lowest BCUT2D eigenvalue weighted by Crippen LogP contribution is -2.33. The Labute approximate surface area is 140 Å². The first-order chi connectivity index (χ1) is 11.5. The van der Waals surface area contributed by atoms with Crippen LogP contribution in [0.3, 0.4) is 0 Å². The average Bonchev–Trinajstić information content (AvgIpc) is 2.55. The fourth-order valence-electron chi connectivity index (χ4n) is 2.34. The van der Waals surface area contributed by atoms with Gasteiger partial charge in [-0.05, 0) is 31.3 Å². The summed E-state index contributed by atoms with van der Waals surface area (Å²) >= 11 is 0. The molecule has 1 unspecified atom stereocenters. The van der Waals surface area contributed by atoms with Crippen molar-refractivity contribution in [2.45, 2.75) is 6.10 Å². The van der Waals surface area contributed by atoms with E-state index in [2.05, 4.69) is 11.2 Å². The molecule has 4 nitrogen and oxygen atoms in total. The Hall–Kier alpha value is -2.68. The Morgan fingerprint density at radius 1 is 1.33 bits per heavy atom. The van der Waals surface area contributed by atoms with Crippen LogP contribution in [0.15, 0.2) is 48.5 Å². The van der Waals surface area contributed by atoms with Crippen molar-refractivity contribution in [1.82, 2.24) is 4.90 Å². The monoisotopic (exact) mass is 326 g/mol. The molecule has 0 fully saturated rings. The lowest BCUT2D eigenvalue weighted by molar-refractivity contribution is -0.117. The van der Waals surface area contributed by atoms with Gasteiger partial charge >= 0.3 is 0 Å². The van der Waals surface area contributed by atoms with Crippen LogP contribution in [0.1, 0.15) is 17.2 Å². The maximum atomic E-state index is 13.6. The minimum Gasteiger partial charge on any atom is -0.387 e. The minimum absolute atomic E-state index is 0.0613. The van der Waals surface area contributed by atoms with Gasteiger partial charge in [-0.2, -0.15) is 0 Å². The molecule has 0 bridgehead atoms. The fourth-order valence-corrected chi connectivity index (χ4v) is 2.34. The zero-order chi connectivity index (χ0) is 17.5. The van der Waals surface area contributed by atoms with E-state index in [4.69, 9.17) is 6.42 Å². The largest absolute Gasteiger partial charge is 0.387 e. The van der Waals surface area contributed by atoms with Gasteiger partial charge in [-0.3, -0.25) is 9.69 Å². The third-order valence-corrected chi connectivity index (χ3v) is 3.48. The third-order valence-electron chi connectivity index (χ3n) is 3.48. The van der Waals surface area contributed by atoms with Gasteiger partial charge in [0.1, 0.15) is 5.82 Å². The second kappa shape index (κ2) is 8.25. The van der Waals surface area contributed by atoms with Crippen LogP contribution < -0.4 is 5.32 Å². The molecule has 0 aromatic heterocycles. The number of terminal acetylenes is 1. The first-order valence-corrected chi connectivity index (χ1v) is 7.47. The zero-order valence-corrected chi connectivity index (χ0v) is 13.4. The Kier molecular flexibility index (Phi) is 6.07. The van der Waals surface area contributed by atoms with Gasteiger partial charge < -0.3 is 10.4 Å². The van der Waals surface area contributed by atoms with Gasteiger partial charge in [0.25, 0.3) is 0 Å². The number of carbonyl (C=O) groups excluding carboxylic acids is 1. The maximum Gasteiger partial charge on any atom is 0.238 e. The molecule has 2 N–H and O–H groups in total. The molecule has 1 atom stereocenters. The lowest BCUT2D eigenvalue weighted by atomic mass is 10.1. The summed E-state index contributed by atoms with van der Waals surface area (Å²) in [6, 6.07) is 13.0. The molecule has 24 heavy (non-hydrogen) atoms. The second-order valence-electron chi connectivity index (χ2n) is 5.51. The van der Waals surface area contributed by atoms with E-state index in [0.717, 1.165) is 0 Å². The highest BCUT2D eigenvalue weighted by Gasteiger charge is 2.16. The van der Waals surface area contributed by atoms with Crippen LogP contribution in [0, 0.1) is 18.2 Å². The number of nitrogens with zero attached hydrogens (tertiary/aromatic N) is 1. The molecule has 0 aliphatic heterocycles. The van der Waals surface area contributed by atoms with Crippen molar-refractivity contribution in [2.24, 2.45) is 0 Å². The standard InChI is InChI=1S/C19H19FN2O2/c1-3-14-7-6-8-15(11-14)21-19(24)13-22(2)12-18(23)16-9-4-5-10-17(16)20/h1,4-11,18,23H,12-13H2,2H3,(H,21,24). The second-order valence-corrected chi connectivity index (χ2v) is 5.51. The van der Waals surface area contributed by atoms with Crippen LogP contribution >= 0.6 is 0 Å². The maximum absolute atomic E-state index is 13.6. The molecule has 0 radical (unpaired) electrons. The summed E-state index contributed by atoms with van der Waals surface area (Å²) in [5, 5.41) is 12.8. The molecule has 0 aliphatic rings. The Balaban J connectivity index is 1.89. The van der Waals surface area contributed by atoms with Crippen LogP contribution in [0.4, 0.5) is 10.1 Å². The first-order valence-electron chi connectivity index (χ1n) is 7.47. The van der Waals surface area contributed by atoms with Gasteiger partial charge in [0.15, 0.2) is 0 Å². The van der Waals surface area contributed by atoms with E-state index >= 15 is 0 Å². The molecule has 2 rings (SSSR count). The Morgan fingerprint density at radius 3 is 2.79 bits per heavy atom. The Bertz CT molecular complexity index is 755. The SMILES string of the molecule is C#Cc1cccc(NC(=O)CN(C)CC(O)c2ccccc2F)c1. The summed E-state index contributed by atoms with van der Waals surface area (Å²) in [7, 11) is 1.68. The van der Waals surface area contributed by atoms with E-state index in [1.165, 1.54) is 12.1 Å². The van der Waals surface area contributed by atoms with E-state index < -0.39 is 11.9 Å². The van der Waals surface area contributed by atoms with Gasteiger partial charge in [-0.1, -0.05) is 30.2 Å². The van der Waals surface area contributed by atoms with E-state index in [1.54, 1.807) is 48.3 Å². The number of hydrogen-bond acceptors (Lipinski definition) is 3. The van der Waals surface area contributed by atoms with Crippen LogP contribution in [0.2, 0.25) is 0 Å². The summed E-state index contributed by atoms with van der Waals surface area (Å²) in [6.07, 6.45) is 4.32. The number of rotatable bonds is 6. The number of benzene rings is 2. The topological polar surface area (TPSA) is 52.6 Å². The van der Waals surface area contributed by atoms with Gasteiger partial charge in [-0.15, -0.1) is 6.42 Å². The number of aliphatic hydroxyl groups excluding tert-OH is 1.